The summed E-state index contributed by atoms with van der Waals surface area (Å²) in [6, 6.07) is 11.3. The van der Waals surface area contributed by atoms with Gasteiger partial charge >= 0.3 is 0 Å². The van der Waals surface area contributed by atoms with Crippen molar-refractivity contribution in [3.63, 3.8) is 0 Å². The Balaban J connectivity index is 1.38. The van der Waals surface area contributed by atoms with Gasteiger partial charge in [0.05, 0.1) is 11.2 Å². The molecular weight excluding hydrogens is 402 g/mol. The van der Waals surface area contributed by atoms with E-state index in [4.69, 9.17) is 10.6 Å². The van der Waals surface area contributed by atoms with Crippen LogP contribution in [0.1, 0.15) is 37.1 Å². The molecule has 4 N–H and O–H groups in total. The predicted molar refractivity (Wildman–Crippen MR) is 128 cm³/mol. The van der Waals surface area contributed by atoms with Crippen molar-refractivity contribution >= 4 is 33.6 Å². The number of pyridine rings is 1. The Hall–Kier alpha value is -3.39. The van der Waals surface area contributed by atoms with E-state index >= 15 is 0 Å². The van der Waals surface area contributed by atoms with Crippen molar-refractivity contribution in [2.75, 3.05) is 19.9 Å². The quantitative estimate of drug-likeness (QED) is 0.407. The van der Waals surface area contributed by atoms with E-state index in [-0.39, 0.29) is 0 Å². The highest BCUT2D eigenvalue weighted by Crippen LogP contribution is 2.31. The van der Waals surface area contributed by atoms with E-state index in [1.54, 1.807) is 7.11 Å². The van der Waals surface area contributed by atoms with Crippen LogP contribution in [-0.4, -0.2) is 50.7 Å². The van der Waals surface area contributed by atoms with Crippen LogP contribution in [0.4, 0.5) is 5.82 Å². The summed E-state index contributed by atoms with van der Waals surface area (Å²) in [7, 11) is 3.84. The van der Waals surface area contributed by atoms with E-state index in [9.17, 15) is 0 Å². The fourth-order valence-corrected chi connectivity index (χ4v) is 4.77. The van der Waals surface area contributed by atoms with Gasteiger partial charge in [0.1, 0.15) is 18.8 Å². The van der Waals surface area contributed by atoms with Crippen molar-refractivity contribution in [2.45, 2.75) is 45.2 Å². The summed E-state index contributed by atoms with van der Waals surface area (Å²) < 4.78 is 0. The molecular formula is C24H29N7O. The second-order valence-corrected chi connectivity index (χ2v) is 8.71. The Morgan fingerprint density at radius 1 is 1.16 bits per heavy atom. The molecule has 4 aromatic rings. The molecule has 1 saturated carbocycles. The number of nitrogens with one attached hydrogen (secondary N) is 2. The first-order valence-corrected chi connectivity index (χ1v) is 11.0. The van der Waals surface area contributed by atoms with Crippen molar-refractivity contribution in [3.8, 4) is 11.3 Å². The van der Waals surface area contributed by atoms with E-state index in [0.717, 1.165) is 60.3 Å². The number of imidazole rings is 1. The molecule has 8 heteroatoms. The van der Waals surface area contributed by atoms with Gasteiger partial charge in [-0.15, -0.1) is 0 Å². The Morgan fingerprint density at radius 3 is 2.75 bits per heavy atom. The van der Waals surface area contributed by atoms with E-state index in [0.29, 0.717) is 17.5 Å². The van der Waals surface area contributed by atoms with Gasteiger partial charge in [0.25, 0.3) is 0 Å². The number of aromatic nitrogens is 4. The van der Waals surface area contributed by atoms with Crippen LogP contribution in [0.15, 0.2) is 35.5 Å². The minimum absolute atomic E-state index is 0.464. The maximum Gasteiger partial charge on any atom is 0.180 e. The Bertz CT molecular complexity index is 1290. The highest BCUT2D eigenvalue weighted by molar-refractivity contribution is 5.95. The lowest BCUT2D eigenvalue weighted by Crippen LogP contribution is -2.34. The molecule has 0 atom stereocenters. The first kappa shape index (κ1) is 20.5. The van der Waals surface area contributed by atoms with Crippen LogP contribution in [0.25, 0.3) is 33.3 Å². The number of oxime groups is 1. The zero-order valence-corrected chi connectivity index (χ0v) is 18.8. The number of fused-ring (bicyclic) bond motifs is 2. The summed E-state index contributed by atoms with van der Waals surface area (Å²) in [6.45, 7) is 2.84. The lowest BCUT2D eigenvalue weighted by molar-refractivity contribution is 0.193. The fourth-order valence-electron chi connectivity index (χ4n) is 4.77. The zero-order chi connectivity index (χ0) is 22.2. The SMILES string of the molecule is CON=C1CCC(N(C)Cc2ccc3[nH]c(-c4cc(N)nc5nc(C)[nH]c45)cc3c2)CC1. The Labute approximate surface area is 186 Å². The van der Waals surface area contributed by atoms with Gasteiger partial charge in [-0.3, -0.25) is 4.90 Å². The smallest absolute Gasteiger partial charge is 0.180 e. The molecule has 0 aliphatic heterocycles. The molecule has 0 bridgehead atoms. The second-order valence-electron chi connectivity index (χ2n) is 8.71. The van der Waals surface area contributed by atoms with Crippen LogP contribution >= 0.6 is 0 Å². The molecule has 3 aromatic heterocycles. The Morgan fingerprint density at radius 2 is 1.97 bits per heavy atom. The second kappa shape index (κ2) is 8.27. The van der Waals surface area contributed by atoms with Crippen LogP contribution in [0.3, 0.4) is 0 Å². The van der Waals surface area contributed by atoms with Crippen molar-refractivity contribution in [1.29, 1.82) is 0 Å². The molecule has 5 rings (SSSR count). The summed E-state index contributed by atoms with van der Waals surface area (Å²) in [4.78, 5) is 23.0. The number of nitrogens with zero attached hydrogens (tertiary/aromatic N) is 4. The summed E-state index contributed by atoms with van der Waals surface area (Å²) in [6.07, 6.45) is 4.27. The highest BCUT2D eigenvalue weighted by atomic mass is 16.6. The molecule has 1 fully saturated rings. The molecule has 1 aliphatic carbocycles. The van der Waals surface area contributed by atoms with Gasteiger partial charge in [-0.25, -0.2) is 9.97 Å². The predicted octanol–water partition coefficient (Wildman–Crippen LogP) is 4.37. The van der Waals surface area contributed by atoms with Gasteiger partial charge in [0, 0.05) is 34.7 Å². The topological polar surface area (TPSA) is 108 Å². The molecule has 0 amide bonds. The number of nitrogen functional groups attached to an aromatic ring is 1. The number of benzene rings is 1. The van der Waals surface area contributed by atoms with E-state index < -0.39 is 0 Å². The van der Waals surface area contributed by atoms with Gasteiger partial charge in [-0.05, 0) is 69.5 Å². The van der Waals surface area contributed by atoms with Crippen molar-refractivity contribution < 1.29 is 4.84 Å². The first-order valence-electron chi connectivity index (χ1n) is 11.0. The minimum Gasteiger partial charge on any atom is -0.399 e. The highest BCUT2D eigenvalue weighted by Gasteiger charge is 2.22. The number of hydrogen-bond donors (Lipinski definition) is 3. The fraction of sp³-hybridized carbons (Fsp3) is 0.375. The van der Waals surface area contributed by atoms with Crippen molar-refractivity contribution in [1.82, 2.24) is 24.8 Å². The molecule has 0 radical (unpaired) electrons. The molecule has 3 heterocycles. The average molecular weight is 432 g/mol. The van der Waals surface area contributed by atoms with E-state index in [1.165, 1.54) is 16.7 Å². The molecule has 0 saturated heterocycles. The summed E-state index contributed by atoms with van der Waals surface area (Å²) >= 11 is 0. The van der Waals surface area contributed by atoms with Gasteiger partial charge in [-0.2, -0.15) is 0 Å². The van der Waals surface area contributed by atoms with Crippen LogP contribution in [0.2, 0.25) is 0 Å². The summed E-state index contributed by atoms with van der Waals surface area (Å²) in [5.41, 5.74) is 13.2. The summed E-state index contributed by atoms with van der Waals surface area (Å²) in [5, 5.41) is 5.31. The standard InChI is InChI=1S/C24H29N7O/c1-14-26-23-19(12-22(25)29-24(23)27-14)21-11-16-10-15(4-9-20(16)28-21)13-31(2)18-7-5-17(6-8-18)30-32-3/h4,9-12,18,28H,5-8,13H2,1-3H3,(H3,25,26,27,29). The average Bonchev–Trinajstić information content (AvgIpc) is 3.36. The van der Waals surface area contributed by atoms with Crippen molar-refractivity contribution in [3.05, 3.63) is 41.7 Å². The summed E-state index contributed by atoms with van der Waals surface area (Å²) in [5.74, 6) is 1.29. The zero-order valence-electron chi connectivity index (χ0n) is 18.8. The molecule has 1 aliphatic rings. The largest absolute Gasteiger partial charge is 0.399 e. The van der Waals surface area contributed by atoms with Gasteiger partial charge in [0.2, 0.25) is 0 Å². The number of aromatic amines is 2. The number of aryl methyl sites for hydroxylation is 1. The molecule has 1 aromatic carbocycles. The van der Waals surface area contributed by atoms with Gasteiger partial charge in [0.15, 0.2) is 5.65 Å². The number of hydrogen-bond acceptors (Lipinski definition) is 6. The monoisotopic (exact) mass is 431 g/mol. The lowest BCUT2D eigenvalue weighted by Gasteiger charge is -2.31. The molecule has 166 valence electrons. The van der Waals surface area contributed by atoms with Gasteiger partial charge in [-0.1, -0.05) is 11.2 Å². The van der Waals surface area contributed by atoms with Crippen molar-refractivity contribution in [2.24, 2.45) is 5.16 Å². The number of rotatable bonds is 5. The third-order valence-corrected chi connectivity index (χ3v) is 6.38. The maximum atomic E-state index is 6.04. The van der Waals surface area contributed by atoms with E-state index in [1.807, 2.05) is 13.0 Å². The molecule has 32 heavy (non-hydrogen) atoms. The normalized spacial score (nSPS) is 16.9. The Kier molecular flexibility index (Phi) is 5.30. The maximum absolute atomic E-state index is 6.04. The third-order valence-electron chi connectivity index (χ3n) is 6.38. The minimum atomic E-state index is 0.464. The van der Waals surface area contributed by atoms with Crippen LogP contribution in [-0.2, 0) is 11.4 Å². The lowest BCUT2D eigenvalue weighted by atomic mass is 9.92. The molecule has 0 unspecified atom stereocenters. The third kappa shape index (κ3) is 3.93. The van der Waals surface area contributed by atoms with Crippen LogP contribution < -0.4 is 5.73 Å². The van der Waals surface area contributed by atoms with Gasteiger partial charge < -0.3 is 20.5 Å². The molecule has 0 spiro atoms. The molecule has 8 nitrogen and oxygen atoms in total. The van der Waals surface area contributed by atoms with E-state index in [2.05, 4.69) is 61.3 Å². The van der Waals surface area contributed by atoms with Crippen LogP contribution in [0.5, 0.6) is 0 Å². The first-order chi connectivity index (χ1) is 15.5. The van der Waals surface area contributed by atoms with Crippen LogP contribution in [0, 0.1) is 6.92 Å². The number of nitrogens with two attached hydrogens (primary N) is 1. The number of anilines is 1. The number of H-pyrrole nitrogens is 2.